The number of ketones is 1. The van der Waals surface area contributed by atoms with Crippen molar-refractivity contribution in [3.05, 3.63) is 84.0 Å². The number of aliphatic hydroxyl groups excluding tert-OH is 2. The average molecular weight is 462 g/mol. The molecule has 2 heterocycles. The molecule has 7 heteroatoms. The van der Waals surface area contributed by atoms with Gasteiger partial charge in [0.25, 0.3) is 5.91 Å². The topological polar surface area (TPSA) is 100 Å². The van der Waals surface area contributed by atoms with Crippen molar-refractivity contribution in [3.63, 3.8) is 0 Å². The van der Waals surface area contributed by atoms with Crippen LogP contribution in [-0.2, 0) is 9.59 Å². The number of Topliss-reactive ketones (excluding diaryl/α,β-unsaturated/α-hetero) is 1. The van der Waals surface area contributed by atoms with Crippen LogP contribution in [0.2, 0.25) is 0 Å². The summed E-state index contributed by atoms with van der Waals surface area (Å²) in [7, 11) is 0. The first-order chi connectivity index (χ1) is 16.4. The third-order valence-electron chi connectivity index (χ3n) is 5.66. The number of para-hydroxylation sites is 1. The molecule has 2 aromatic carbocycles. The molecular weight excluding hydrogens is 434 g/mol. The van der Waals surface area contributed by atoms with Crippen molar-refractivity contribution in [1.29, 1.82) is 0 Å². The quantitative estimate of drug-likeness (QED) is 0.473. The second-order valence-corrected chi connectivity index (χ2v) is 8.53. The number of rotatable bonds is 9. The van der Waals surface area contributed by atoms with Crippen LogP contribution in [0.4, 0.5) is 5.69 Å². The molecule has 7 nitrogen and oxygen atoms in total. The molecule has 0 radical (unpaired) electrons. The molecule has 0 aliphatic carbocycles. The molecule has 3 aromatic rings. The van der Waals surface area contributed by atoms with Gasteiger partial charge in [0.2, 0.25) is 0 Å². The molecule has 34 heavy (non-hydrogen) atoms. The fourth-order valence-electron chi connectivity index (χ4n) is 4.17. The van der Waals surface area contributed by atoms with Crippen LogP contribution < -0.4 is 9.64 Å². The zero-order chi connectivity index (χ0) is 24.2. The molecule has 1 aliphatic rings. The van der Waals surface area contributed by atoms with Crippen molar-refractivity contribution in [3.8, 4) is 16.9 Å². The van der Waals surface area contributed by atoms with E-state index in [9.17, 15) is 19.8 Å². The molecule has 0 saturated heterocycles. The second kappa shape index (κ2) is 9.97. The van der Waals surface area contributed by atoms with E-state index in [0.717, 1.165) is 11.1 Å². The van der Waals surface area contributed by atoms with Crippen molar-refractivity contribution >= 4 is 17.4 Å². The third-order valence-corrected chi connectivity index (χ3v) is 5.66. The van der Waals surface area contributed by atoms with E-state index in [1.54, 1.807) is 48.9 Å². The predicted octanol–water partition coefficient (Wildman–Crippen LogP) is 4.83. The first-order valence-corrected chi connectivity index (χ1v) is 11.2. The molecule has 1 amide bonds. The molecule has 0 spiro atoms. The molecule has 1 atom stereocenters. The predicted molar refractivity (Wildman–Crippen MR) is 128 cm³/mol. The molecule has 4 rings (SSSR count). The van der Waals surface area contributed by atoms with Gasteiger partial charge < -0.3 is 19.4 Å². The van der Waals surface area contributed by atoms with Gasteiger partial charge in [-0.2, -0.15) is 0 Å². The molecule has 176 valence electrons. The van der Waals surface area contributed by atoms with Gasteiger partial charge in [0, 0.05) is 23.2 Å². The monoisotopic (exact) mass is 461 g/mol. The number of anilines is 1. The number of hydrogen-bond donors (Lipinski definition) is 2. The Morgan fingerprint density at radius 1 is 1.09 bits per heavy atom. The Bertz CT molecular complexity index is 1190. The van der Waals surface area contributed by atoms with E-state index in [-0.39, 0.29) is 36.9 Å². The van der Waals surface area contributed by atoms with Crippen LogP contribution in [0.25, 0.3) is 11.1 Å². The molecule has 0 saturated carbocycles. The van der Waals surface area contributed by atoms with Gasteiger partial charge in [0.15, 0.2) is 11.5 Å². The van der Waals surface area contributed by atoms with Crippen LogP contribution in [-0.4, -0.2) is 35.1 Å². The second-order valence-electron chi connectivity index (χ2n) is 8.53. The Labute approximate surface area is 197 Å². The summed E-state index contributed by atoms with van der Waals surface area (Å²) in [4.78, 5) is 27.9. The van der Waals surface area contributed by atoms with Crippen molar-refractivity contribution in [1.82, 2.24) is 0 Å². The number of nitrogens with zero attached hydrogens (tertiary/aromatic N) is 1. The van der Waals surface area contributed by atoms with Gasteiger partial charge >= 0.3 is 0 Å². The number of ether oxygens (including phenoxy) is 1. The van der Waals surface area contributed by atoms with E-state index in [0.29, 0.717) is 17.0 Å². The number of aliphatic hydroxyl groups is 2. The van der Waals surface area contributed by atoms with Crippen molar-refractivity contribution in [2.75, 3.05) is 18.1 Å². The number of carbonyl (C=O) groups is 2. The lowest BCUT2D eigenvalue weighted by atomic mass is 9.91. The Balaban J connectivity index is 1.81. The maximum absolute atomic E-state index is 13.3. The van der Waals surface area contributed by atoms with E-state index in [4.69, 9.17) is 9.15 Å². The molecule has 0 bridgehead atoms. The number of benzene rings is 2. The van der Waals surface area contributed by atoms with Crippen LogP contribution in [0.5, 0.6) is 5.75 Å². The minimum atomic E-state index is -0.867. The summed E-state index contributed by atoms with van der Waals surface area (Å²) in [5, 5.41) is 20.1. The molecule has 1 unspecified atom stereocenters. The molecule has 1 aliphatic heterocycles. The summed E-state index contributed by atoms with van der Waals surface area (Å²) in [6.07, 6.45) is 3.40. The molecular formula is C27H27NO6. The highest BCUT2D eigenvalue weighted by Gasteiger charge is 2.45. The van der Waals surface area contributed by atoms with Crippen LogP contribution in [0.1, 0.15) is 31.9 Å². The van der Waals surface area contributed by atoms with Crippen molar-refractivity contribution in [2.24, 2.45) is 5.92 Å². The van der Waals surface area contributed by atoms with E-state index in [1.165, 1.54) is 4.90 Å². The summed E-state index contributed by atoms with van der Waals surface area (Å²) in [6, 6.07) is 15.3. The van der Waals surface area contributed by atoms with Crippen LogP contribution >= 0.6 is 0 Å². The number of amides is 1. The fourth-order valence-corrected chi connectivity index (χ4v) is 4.17. The zero-order valence-corrected chi connectivity index (χ0v) is 19.1. The normalized spacial score (nSPS) is 15.9. The Kier molecular flexibility index (Phi) is 6.84. The van der Waals surface area contributed by atoms with Gasteiger partial charge in [-0.3, -0.25) is 14.5 Å². The molecule has 1 aromatic heterocycles. The molecule has 2 N–H and O–H groups in total. The summed E-state index contributed by atoms with van der Waals surface area (Å²) >= 11 is 0. The summed E-state index contributed by atoms with van der Waals surface area (Å²) in [5.41, 5.74) is 2.93. The summed E-state index contributed by atoms with van der Waals surface area (Å²) < 4.78 is 10.9. The maximum Gasteiger partial charge on any atom is 0.294 e. The fraction of sp³-hybridized carbons (Fsp3) is 0.259. The van der Waals surface area contributed by atoms with Crippen molar-refractivity contribution < 1.29 is 29.0 Å². The van der Waals surface area contributed by atoms with Gasteiger partial charge in [-0.05, 0) is 35.7 Å². The number of carbonyl (C=O) groups excluding carboxylic acids is 2. The minimum Gasteiger partial charge on any atom is -0.503 e. The highest BCUT2D eigenvalue weighted by atomic mass is 16.5. The standard InChI is InChI=1S/C27H27NO6/c1-17(2)15-22(30)24-25(21-5-3-4-6-23(21)34-14-12-29)28(27(32)26(24)31)20-9-7-18(8-10-20)19-11-13-33-16-19/h3-11,13,16-17,25,29,31H,12,14-15H2,1-2H3. The third kappa shape index (κ3) is 4.47. The van der Waals surface area contributed by atoms with Crippen LogP contribution in [0, 0.1) is 5.92 Å². The van der Waals surface area contributed by atoms with E-state index in [1.807, 2.05) is 32.0 Å². The number of hydrogen-bond acceptors (Lipinski definition) is 6. The van der Waals surface area contributed by atoms with Crippen LogP contribution in [0.3, 0.4) is 0 Å². The van der Waals surface area contributed by atoms with Gasteiger partial charge in [-0.25, -0.2) is 0 Å². The summed E-state index contributed by atoms with van der Waals surface area (Å²) in [5.74, 6) is -1.01. The Hall–Kier alpha value is -3.84. The van der Waals surface area contributed by atoms with Crippen LogP contribution in [0.15, 0.2) is 82.9 Å². The van der Waals surface area contributed by atoms with E-state index in [2.05, 4.69) is 0 Å². The van der Waals surface area contributed by atoms with Gasteiger partial charge in [-0.15, -0.1) is 0 Å². The number of furan rings is 1. The van der Waals surface area contributed by atoms with Gasteiger partial charge in [-0.1, -0.05) is 44.2 Å². The SMILES string of the molecule is CC(C)CC(=O)C1=C(O)C(=O)N(c2ccc(-c3ccoc3)cc2)C1c1ccccc1OCCO. The Morgan fingerprint density at radius 2 is 1.82 bits per heavy atom. The first-order valence-electron chi connectivity index (χ1n) is 11.2. The lowest BCUT2D eigenvalue weighted by molar-refractivity contribution is -0.118. The van der Waals surface area contributed by atoms with E-state index < -0.39 is 17.7 Å². The summed E-state index contributed by atoms with van der Waals surface area (Å²) in [6.45, 7) is 3.69. The zero-order valence-electron chi connectivity index (χ0n) is 19.1. The highest BCUT2D eigenvalue weighted by molar-refractivity contribution is 6.16. The largest absolute Gasteiger partial charge is 0.503 e. The highest BCUT2D eigenvalue weighted by Crippen LogP contribution is 2.44. The van der Waals surface area contributed by atoms with E-state index >= 15 is 0 Å². The van der Waals surface area contributed by atoms with Gasteiger partial charge in [0.05, 0.1) is 30.7 Å². The first kappa shape index (κ1) is 23.3. The smallest absolute Gasteiger partial charge is 0.294 e. The molecule has 0 fully saturated rings. The minimum absolute atomic E-state index is 0.0488. The Morgan fingerprint density at radius 3 is 2.47 bits per heavy atom. The maximum atomic E-state index is 13.3. The lowest BCUT2D eigenvalue weighted by Crippen LogP contribution is -2.31. The average Bonchev–Trinajstić information content (AvgIpc) is 3.45. The van der Waals surface area contributed by atoms with Gasteiger partial charge in [0.1, 0.15) is 12.4 Å². The van der Waals surface area contributed by atoms with Crippen molar-refractivity contribution in [2.45, 2.75) is 26.3 Å². The lowest BCUT2D eigenvalue weighted by Gasteiger charge is -2.28.